The van der Waals surface area contributed by atoms with Crippen LogP contribution in [0, 0.1) is 0 Å². The molecule has 23 heavy (non-hydrogen) atoms. The van der Waals surface area contributed by atoms with Crippen LogP contribution in [0.3, 0.4) is 0 Å². The highest BCUT2D eigenvalue weighted by Crippen LogP contribution is 2.29. The number of nitrogens with two attached hydrogens (primary N) is 1. The minimum atomic E-state index is -3.61. The van der Waals surface area contributed by atoms with Gasteiger partial charge in [0, 0.05) is 0 Å². The maximum absolute atomic E-state index is 11.6. The molecule has 1 fully saturated rings. The van der Waals surface area contributed by atoms with Gasteiger partial charge in [0.15, 0.2) is 0 Å². The summed E-state index contributed by atoms with van der Waals surface area (Å²) < 4.78 is 37.8. The number of hydrogen-bond donors (Lipinski definition) is 3. The summed E-state index contributed by atoms with van der Waals surface area (Å²) in [4.78, 5) is 0. The Morgan fingerprint density at radius 1 is 1.39 bits per heavy atom. The Bertz CT molecular complexity index is 748. The molecule has 2 heterocycles. The van der Waals surface area contributed by atoms with Crippen molar-refractivity contribution >= 4 is 15.9 Å². The summed E-state index contributed by atoms with van der Waals surface area (Å²) in [6, 6.07) is 4.94. The fraction of sp³-hybridized carbons (Fsp3) is 0.500. The summed E-state index contributed by atoms with van der Waals surface area (Å²) in [5.74, 6) is 0.00469. The molecular formula is C14H18N2O6S. The van der Waals surface area contributed by atoms with Crippen LogP contribution in [-0.2, 0) is 20.5 Å². The van der Waals surface area contributed by atoms with Crippen LogP contribution < -0.4 is 10.5 Å². The van der Waals surface area contributed by atoms with Crippen LogP contribution in [0.1, 0.15) is 18.1 Å². The van der Waals surface area contributed by atoms with Crippen LogP contribution >= 0.6 is 0 Å². The van der Waals surface area contributed by atoms with E-state index in [0.29, 0.717) is 16.9 Å². The van der Waals surface area contributed by atoms with E-state index in [1.54, 1.807) is 25.1 Å². The van der Waals surface area contributed by atoms with Gasteiger partial charge in [-0.15, -0.1) is 4.40 Å². The number of rotatable bonds is 3. The van der Waals surface area contributed by atoms with Gasteiger partial charge in [-0.05, 0) is 18.6 Å². The van der Waals surface area contributed by atoms with Crippen LogP contribution in [0.15, 0.2) is 22.6 Å². The first-order valence-corrected chi connectivity index (χ1v) is 8.74. The monoisotopic (exact) mass is 342 g/mol. The SMILES string of the molecule is C[C@@H]1O[C@H](COc2cccc3c2C(N)=NS(=O)(=O)C3)[C@@H](O)[C@H]1O. The molecule has 4 N–H and O–H groups in total. The van der Waals surface area contributed by atoms with Gasteiger partial charge in [-0.25, -0.2) is 8.42 Å². The van der Waals surface area contributed by atoms with Crippen molar-refractivity contribution in [1.29, 1.82) is 0 Å². The van der Waals surface area contributed by atoms with E-state index in [1.165, 1.54) is 0 Å². The van der Waals surface area contributed by atoms with Gasteiger partial charge >= 0.3 is 0 Å². The molecule has 8 nitrogen and oxygen atoms in total. The lowest BCUT2D eigenvalue weighted by molar-refractivity contribution is -0.0110. The summed E-state index contributed by atoms with van der Waals surface area (Å²) in [6.45, 7) is 1.66. The van der Waals surface area contributed by atoms with Crippen LogP contribution in [0.25, 0.3) is 0 Å². The molecule has 3 rings (SSSR count). The highest BCUT2D eigenvalue weighted by molar-refractivity contribution is 7.89. The first-order valence-electron chi connectivity index (χ1n) is 7.13. The molecule has 4 atom stereocenters. The molecule has 0 aromatic heterocycles. The van der Waals surface area contributed by atoms with Gasteiger partial charge in [0.25, 0.3) is 10.0 Å². The second-order valence-electron chi connectivity index (χ2n) is 5.66. The smallest absolute Gasteiger partial charge is 0.259 e. The first-order chi connectivity index (χ1) is 10.8. The Morgan fingerprint density at radius 3 is 2.78 bits per heavy atom. The van der Waals surface area contributed by atoms with Gasteiger partial charge in [-0.2, -0.15) is 0 Å². The predicted molar refractivity (Wildman–Crippen MR) is 81.6 cm³/mol. The number of hydrogen-bond acceptors (Lipinski definition) is 7. The number of fused-ring (bicyclic) bond motifs is 1. The molecule has 1 saturated heterocycles. The quantitative estimate of drug-likeness (QED) is 0.650. The molecule has 2 aliphatic rings. The summed E-state index contributed by atoms with van der Waals surface area (Å²) in [7, 11) is -3.61. The first kappa shape index (κ1) is 16.2. The predicted octanol–water partition coefficient (Wildman–Crippen LogP) is -0.877. The molecule has 0 amide bonds. The standard InChI is InChI=1S/C14H18N2O6S/c1-7-12(17)13(18)10(22-7)5-21-9-4-2-3-8-6-23(19,20)16-14(15)11(8)9/h2-4,7,10,12-13,17-18H,5-6H2,1H3,(H2,15,16)/t7-,10+,12-,13+/m0/s1. The zero-order chi connectivity index (χ0) is 16.8. The second-order valence-corrected chi connectivity index (χ2v) is 7.30. The molecule has 1 aromatic rings. The number of aliphatic hydroxyl groups excluding tert-OH is 2. The molecule has 0 bridgehead atoms. The van der Waals surface area contributed by atoms with E-state index in [2.05, 4.69) is 4.40 Å². The summed E-state index contributed by atoms with van der Waals surface area (Å²) in [5.41, 5.74) is 6.69. The van der Waals surface area contributed by atoms with Crippen molar-refractivity contribution in [3.63, 3.8) is 0 Å². The van der Waals surface area contributed by atoms with Gasteiger partial charge in [0.05, 0.1) is 17.4 Å². The van der Waals surface area contributed by atoms with Gasteiger partial charge in [0.2, 0.25) is 0 Å². The topological polar surface area (TPSA) is 131 Å². The van der Waals surface area contributed by atoms with E-state index < -0.39 is 34.4 Å². The number of aliphatic hydroxyl groups is 2. The summed E-state index contributed by atoms with van der Waals surface area (Å²) in [6.07, 6.45) is -3.18. The largest absolute Gasteiger partial charge is 0.490 e. The summed E-state index contributed by atoms with van der Waals surface area (Å²) in [5, 5.41) is 19.6. The highest BCUT2D eigenvalue weighted by atomic mass is 32.2. The van der Waals surface area contributed by atoms with Crippen LogP contribution in [-0.4, -0.2) is 55.5 Å². The molecule has 126 valence electrons. The maximum Gasteiger partial charge on any atom is 0.259 e. The van der Waals surface area contributed by atoms with Crippen molar-refractivity contribution < 1.29 is 28.1 Å². The molecular weight excluding hydrogens is 324 g/mol. The number of benzene rings is 1. The number of amidine groups is 1. The van der Waals surface area contributed by atoms with Crippen molar-refractivity contribution in [3.05, 3.63) is 29.3 Å². The minimum Gasteiger partial charge on any atom is -0.490 e. The average molecular weight is 342 g/mol. The molecule has 1 aromatic carbocycles. The van der Waals surface area contributed by atoms with Gasteiger partial charge in [-0.1, -0.05) is 12.1 Å². The Kier molecular flexibility index (Phi) is 4.05. The lowest BCUT2D eigenvalue weighted by atomic mass is 10.1. The van der Waals surface area contributed by atoms with Crippen LogP contribution in [0.5, 0.6) is 5.75 Å². The molecule has 0 spiro atoms. The average Bonchev–Trinajstić information content (AvgIpc) is 2.70. The molecule has 0 saturated carbocycles. The molecule has 0 radical (unpaired) electrons. The van der Waals surface area contributed by atoms with E-state index in [-0.39, 0.29) is 18.2 Å². The molecule has 0 unspecified atom stereocenters. The minimum absolute atomic E-state index is 0.000942. The molecule has 2 aliphatic heterocycles. The van der Waals surface area contributed by atoms with Gasteiger partial charge in [0.1, 0.15) is 36.5 Å². The van der Waals surface area contributed by atoms with Crippen molar-refractivity contribution in [2.24, 2.45) is 10.1 Å². The zero-order valence-corrected chi connectivity index (χ0v) is 13.2. The third-order valence-corrected chi connectivity index (χ3v) is 5.10. The van der Waals surface area contributed by atoms with Crippen molar-refractivity contribution in [3.8, 4) is 5.75 Å². The third kappa shape index (κ3) is 3.05. The highest BCUT2D eigenvalue weighted by Gasteiger charge is 2.40. The van der Waals surface area contributed by atoms with E-state index in [0.717, 1.165) is 0 Å². The fourth-order valence-corrected chi connectivity index (χ4v) is 3.87. The Labute approximate surface area is 133 Å². The zero-order valence-electron chi connectivity index (χ0n) is 12.4. The molecule has 9 heteroatoms. The van der Waals surface area contributed by atoms with E-state index in [9.17, 15) is 18.6 Å². The molecule has 0 aliphatic carbocycles. The van der Waals surface area contributed by atoms with Gasteiger partial charge in [-0.3, -0.25) is 0 Å². The number of sulfonamides is 1. The summed E-state index contributed by atoms with van der Waals surface area (Å²) >= 11 is 0. The van der Waals surface area contributed by atoms with Crippen molar-refractivity contribution in [1.82, 2.24) is 0 Å². The normalized spacial score (nSPS) is 32.2. The lowest BCUT2D eigenvalue weighted by Gasteiger charge is -2.20. The maximum atomic E-state index is 11.6. The second kappa shape index (κ2) is 5.75. The fourth-order valence-electron chi connectivity index (χ4n) is 2.78. The van der Waals surface area contributed by atoms with E-state index in [1.807, 2.05) is 0 Å². The number of nitrogens with zero attached hydrogens (tertiary/aromatic N) is 1. The Balaban J connectivity index is 1.81. The van der Waals surface area contributed by atoms with Crippen molar-refractivity contribution in [2.45, 2.75) is 37.1 Å². The van der Waals surface area contributed by atoms with E-state index in [4.69, 9.17) is 15.2 Å². The Morgan fingerprint density at radius 2 is 2.13 bits per heavy atom. The van der Waals surface area contributed by atoms with Crippen molar-refractivity contribution in [2.75, 3.05) is 6.61 Å². The van der Waals surface area contributed by atoms with E-state index >= 15 is 0 Å². The Hall–Kier alpha value is -1.68. The third-order valence-electron chi connectivity index (χ3n) is 3.95. The van der Waals surface area contributed by atoms with Crippen LogP contribution in [0.2, 0.25) is 0 Å². The van der Waals surface area contributed by atoms with Gasteiger partial charge < -0.3 is 25.4 Å². The lowest BCUT2D eigenvalue weighted by Crippen LogP contribution is -2.35. The number of ether oxygens (including phenoxy) is 2. The van der Waals surface area contributed by atoms with Crippen LogP contribution in [0.4, 0.5) is 0 Å².